The van der Waals surface area contributed by atoms with E-state index in [0.29, 0.717) is 33.9 Å². The molecule has 5 nitrogen and oxygen atoms in total. The lowest BCUT2D eigenvalue weighted by Gasteiger charge is -2.14. The number of carbonyl (C=O) groups is 1. The number of nitrogens with one attached hydrogen (secondary N) is 1. The molecule has 3 N–H and O–H groups in total. The van der Waals surface area contributed by atoms with Crippen LogP contribution < -0.4 is 11.1 Å². The maximum Gasteiger partial charge on any atom is 0.255 e. The Bertz CT molecular complexity index is 920. The van der Waals surface area contributed by atoms with E-state index in [1.807, 2.05) is 54.8 Å². The van der Waals surface area contributed by atoms with Crippen molar-refractivity contribution >= 4 is 35.2 Å². The van der Waals surface area contributed by atoms with Crippen molar-refractivity contribution in [1.82, 2.24) is 9.97 Å². The predicted octanol–water partition coefficient (Wildman–Crippen LogP) is 4.24. The van der Waals surface area contributed by atoms with Crippen LogP contribution in [0.25, 0.3) is 0 Å². The molecule has 0 aliphatic rings. The second kappa shape index (κ2) is 10.1. The summed E-state index contributed by atoms with van der Waals surface area (Å²) in [6.07, 6.45) is 2.74. The van der Waals surface area contributed by atoms with Crippen molar-refractivity contribution in [2.45, 2.75) is 22.4 Å². The van der Waals surface area contributed by atoms with E-state index in [9.17, 15) is 4.79 Å². The molecule has 3 rings (SSSR count). The van der Waals surface area contributed by atoms with E-state index in [2.05, 4.69) is 27.4 Å². The highest BCUT2D eigenvalue weighted by molar-refractivity contribution is 7.99. The van der Waals surface area contributed by atoms with Crippen molar-refractivity contribution in [3.05, 3.63) is 77.4 Å². The molecule has 0 saturated carbocycles. The maximum atomic E-state index is 12.2. The third-order valence-corrected chi connectivity index (χ3v) is 5.65. The van der Waals surface area contributed by atoms with Crippen molar-refractivity contribution in [1.29, 1.82) is 0 Å². The molecule has 0 fully saturated rings. The van der Waals surface area contributed by atoms with Gasteiger partial charge in [-0.25, -0.2) is 9.97 Å². The van der Waals surface area contributed by atoms with Gasteiger partial charge in [0.1, 0.15) is 16.4 Å². The zero-order chi connectivity index (χ0) is 19.8. The Balaban J connectivity index is 1.80. The van der Waals surface area contributed by atoms with E-state index in [1.165, 1.54) is 29.1 Å². The van der Waals surface area contributed by atoms with E-state index in [1.54, 1.807) is 0 Å². The Morgan fingerprint density at radius 2 is 1.64 bits per heavy atom. The third kappa shape index (κ3) is 5.50. The molecule has 1 heterocycles. The Morgan fingerprint density at radius 3 is 2.25 bits per heavy atom. The molecular weight excluding hydrogens is 388 g/mol. The quantitative estimate of drug-likeness (QED) is 0.312. The maximum absolute atomic E-state index is 12.2. The fourth-order valence-corrected chi connectivity index (χ4v) is 4.07. The first-order chi connectivity index (χ1) is 13.7. The summed E-state index contributed by atoms with van der Waals surface area (Å²) in [6, 6.07) is 20.2. The fourth-order valence-electron chi connectivity index (χ4n) is 2.66. The minimum atomic E-state index is -0.523. The number of hydrogen-bond donors (Lipinski definition) is 2. The van der Waals surface area contributed by atoms with E-state index < -0.39 is 5.91 Å². The number of nitrogens with zero attached hydrogens (tertiary/aromatic N) is 2. The van der Waals surface area contributed by atoms with Crippen LogP contribution in [0, 0.1) is 0 Å². The van der Waals surface area contributed by atoms with Crippen LogP contribution in [0.15, 0.2) is 70.8 Å². The molecule has 2 aromatic carbocycles. The Labute approximate surface area is 173 Å². The number of benzene rings is 2. The fraction of sp³-hybridized carbons (Fsp3) is 0.190. The Hall–Kier alpha value is -2.51. The Morgan fingerprint density at radius 1 is 1.00 bits per heavy atom. The molecule has 1 amide bonds. The molecule has 0 unspecified atom stereocenters. The number of amides is 1. The van der Waals surface area contributed by atoms with Crippen LogP contribution in [0.4, 0.5) is 5.82 Å². The highest BCUT2D eigenvalue weighted by atomic mass is 32.2. The number of aromatic nitrogens is 2. The molecule has 0 aliphatic heterocycles. The van der Waals surface area contributed by atoms with Crippen molar-refractivity contribution in [2.75, 3.05) is 18.1 Å². The van der Waals surface area contributed by atoms with Gasteiger partial charge >= 0.3 is 0 Å². The highest BCUT2D eigenvalue weighted by Gasteiger charge is 2.19. The number of hydrogen-bond acceptors (Lipinski definition) is 6. The lowest BCUT2D eigenvalue weighted by Crippen LogP contribution is -2.19. The van der Waals surface area contributed by atoms with Crippen LogP contribution in [0.3, 0.4) is 0 Å². The smallest absolute Gasteiger partial charge is 0.255 e. The largest absolute Gasteiger partial charge is 0.369 e. The molecule has 3 aromatic rings. The average Bonchev–Trinajstić information content (AvgIpc) is 2.73. The molecule has 28 heavy (non-hydrogen) atoms. The van der Waals surface area contributed by atoms with Crippen molar-refractivity contribution in [3.63, 3.8) is 0 Å². The van der Waals surface area contributed by atoms with E-state index in [4.69, 9.17) is 5.73 Å². The van der Waals surface area contributed by atoms with Crippen molar-refractivity contribution < 1.29 is 4.79 Å². The molecule has 7 heteroatoms. The molecule has 0 saturated heterocycles. The summed E-state index contributed by atoms with van der Waals surface area (Å²) in [5.41, 5.74) is 8.41. The van der Waals surface area contributed by atoms with Gasteiger partial charge in [0.05, 0.1) is 0 Å². The standard InChI is InChI=1S/C21H22N4OS2/c1-27-21-24-19(23-13-12-15-8-4-2-5-9-15)17(18(22)26)20(25-21)28-14-16-10-6-3-7-11-16/h2-11H,12-14H2,1H3,(H2,22,26)(H,23,24,25). The van der Waals surface area contributed by atoms with Crippen LogP contribution in [-0.4, -0.2) is 28.7 Å². The van der Waals surface area contributed by atoms with Gasteiger partial charge in [-0.2, -0.15) is 0 Å². The monoisotopic (exact) mass is 410 g/mol. The minimum absolute atomic E-state index is 0.354. The number of nitrogens with two attached hydrogens (primary N) is 1. The first-order valence-corrected chi connectivity index (χ1v) is 11.1. The normalized spacial score (nSPS) is 10.6. The Kier molecular flexibility index (Phi) is 7.33. The van der Waals surface area contributed by atoms with Gasteiger partial charge in [0.15, 0.2) is 5.16 Å². The molecule has 1 aromatic heterocycles. The second-order valence-electron chi connectivity index (χ2n) is 6.04. The van der Waals surface area contributed by atoms with E-state index >= 15 is 0 Å². The number of primary amides is 1. The summed E-state index contributed by atoms with van der Waals surface area (Å²) in [5, 5.41) is 4.50. The summed E-state index contributed by atoms with van der Waals surface area (Å²) in [5.74, 6) is 0.679. The number of rotatable bonds is 9. The minimum Gasteiger partial charge on any atom is -0.369 e. The summed E-state index contributed by atoms with van der Waals surface area (Å²) >= 11 is 2.94. The van der Waals surface area contributed by atoms with Crippen LogP contribution in [-0.2, 0) is 12.2 Å². The predicted molar refractivity (Wildman–Crippen MR) is 117 cm³/mol. The third-order valence-electron chi connectivity index (χ3n) is 4.05. The van der Waals surface area contributed by atoms with Gasteiger partial charge in [-0.05, 0) is 23.8 Å². The van der Waals surface area contributed by atoms with E-state index in [0.717, 1.165) is 12.0 Å². The first kappa shape index (κ1) is 20.2. The summed E-state index contributed by atoms with van der Waals surface area (Å²) < 4.78 is 0. The highest BCUT2D eigenvalue weighted by Crippen LogP contribution is 2.30. The second-order valence-corrected chi connectivity index (χ2v) is 7.78. The van der Waals surface area contributed by atoms with Gasteiger partial charge in [-0.3, -0.25) is 4.79 Å². The first-order valence-electron chi connectivity index (χ1n) is 8.87. The summed E-state index contributed by atoms with van der Waals surface area (Å²) in [4.78, 5) is 21.2. The molecule has 0 radical (unpaired) electrons. The van der Waals surface area contributed by atoms with Crippen LogP contribution >= 0.6 is 23.5 Å². The van der Waals surface area contributed by atoms with Crippen LogP contribution in [0.1, 0.15) is 21.5 Å². The van der Waals surface area contributed by atoms with Crippen LogP contribution in [0.5, 0.6) is 0 Å². The van der Waals surface area contributed by atoms with Gasteiger partial charge in [0, 0.05) is 12.3 Å². The number of anilines is 1. The lowest BCUT2D eigenvalue weighted by molar-refractivity contribution is 0.0997. The summed E-state index contributed by atoms with van der Waals surface area (Å²) in [7, 11) is 0. The van der Waals surface area contributed by atoms with Gasteiger partial charge in [0.25, 0.3) is 5.91 Å². The average molecular weight is 411 g/mol. The molecule has 0 aliphatic carbocycles. The van der Waals surface area contributed by atoms with Gasteiger partial charge < -0.3 is 11.1 Å². The molecule has 0 spiro atoms. The number of carbonyl (C=O) groups excluding carboxylic acids is 1. The lowest BCUT2D eigenvalue weighted by atomic mass is 10.1. The molecule has 144 valence electrons. The van der Waals surface area contributed by atoms with Crippen molar-refractivity contribution in [3.8, 4) is 0 Å². The van der Waals surface area contributed by atoms with Gasteiger partial charge in [0.2, 0.25) is 0 Å². The van der Waals surface area contributed by atoms with Crippen molar-refractivity contribution in [2.24, 2.45) is 5.73 Å². The van der Waals surface area contributed by atoms with E-state index in [-0.39, 0.29) is 0 Å². The zero-order valence-corrected chi connectivity index (χ0v) is 17.2. The molecule has 0 atom stereocenters. The van der Waals surface area contributed by atoms with Gasteiger partial charge in [-0.15, -0.1) is 11.8 Å². The summed E-state index contributed by atoms with van der Waals surface area (Å²) in [6.45, 7) is 0.651. The molecular formula is C21H22N4OS2. The van der Waals surface area contributed by atoms with Gasteiger partial charge in [-0.1, -0.05) is 72.4 Å². The van der Waals surface area contributed by atoms with Crippen LogP contribution in [0.2, 0.25) is 0 Å². The zero-order valence-electron chi connectivity index (χ0n) is 15.6. The number of thioether (sulfide) groups is 2. The SMILES string of the molecule is CSc1nc(NCCc2ccccc2)c(C(N)=O)c(SCc2ccccc2)n1. The molecule has 0 bridgehead atoms. The topological polar surface area (TPSA) is 80.9 Å².